The SMILES string of the molecule is O=[N+]([O-])c1cc(Br)cnc1C(O)CO. The number of pyridine rings is 1. The minimum absolute atomic E-state index is 0.138. The summed E-state index contributed by atoms with van der Waals surface area (Å²) in [4.78, 5) is 13.6. The van der Waals surface area contributed by atoms with Gasteiger partial charge in [-0.3, -0.25) is 15.1 Å². The fraction of sp³-hybridized carbons (Fsp3) is 0.286. The molecule has 0 bridgehead atoms. The fourth-order valence-corrected chi connectivity index (χ4v) is 1.25. The van der Waals surface area contributed by atoms with E-state index in [9.17, 15) is 15.2 Å². The summed E-state index contributed by atoms with van der Waals surface area (Å²) < 4.78 is 0.443. The Labute approximate surface area is 87.5 Å². The van der Waals surface area contributed by atoms with Gasteiger partial charge in [-0.1, -0.05) is 0 Å². The highest BCUT2D eigenvalue weighted by Gasteiger charge is 2.21. The summed E-state index contributed by atoms with van der Waals surface area (Å²) in [6.07, 6.45) is -0.00944. The maximum Gasteiger partial charge on any atom is 0.294 e. The predicted octanol–water partition coefficient (Wildman–Crippen LogP) is 0.778. The molecule has 2 N–H and O–H groups in total. The first-order chi connectivity index (χ1) is 6.56. The predicted molar refractivity (Wildman–Crippen MR) is 50.6 cm³/mol. The topological polar surface area (TPSA) is 96.5 Å². The van der Waals surface area contributed by atoms with Crippen LogP contribution in [0.2, 0.25) is 0 Å². The molecule has 0 saturated heterocycles. The van der Waals surface area contributed by atoms with Crippen LogP contribution in [0, 0.1) is 10.1 Å². The number of hydrogen-bond donors (Lipinski definition) is 2. The van der Waals surface area contributed by atoms with Crippen molar-refractivity contribution in [1.29, 1.82) is 0 Å². The van der Waals surface area contributed by atoms with Crippen molar-refractivity contribution < 1.29 is 15.1 Å². The van der Waals surface area contributed by atoms with Crippen LogP contribution in [0.25, 0.3) is 0 Å². The molecule has 1 heterocycles. The van der Waals surface area contributed by atoms with Gasteiger partial charge in [0.2, 0.25) is 0 Å². The molecule has 6 nitrogen and oxygen atoms in total. The molecule has 0 radical (unpaired) electrons. The molecule has 0 fully saturated rings. The third-order valence-corrected chi connectivity index (χ3v) is 1.98. The van der Waals surface area contributed by atoms with Crippen LogP contribution in [-0.4, -0.2) is 26.7 Å². The van der Waals surface area contributed by atoms with Crippen molar-refractivity contribution in [2.24, 2.45) is 0 Å². The molecule has 1 aromatic rings. The lowest BCUT2D eigenvalue weighted by Gasteiger charge is -2.06. The van der Waals surface area contributed by atoms with Gasteiger partial charge in [0, 0.05) is 16.7 Å². The summed E-state index contributed by atoms with van der Waals surface area (Å²) in [6.45, 7) is -0.602. The molecule has 0 aliphatic carbocycles. The minimum Gasteiger partial charge on any atom is -0.393 e. The Morgan fingerprint density at radius 1 is 1.71 bits per heavy atom. The van der Waals surface area contributed by atoms with Gasteiger partial charge in [-0.05, 0) is 15.9 Å². The van der Waals surface area contributed by atoms with Crippen LogP contribution in [0.3, 0.4) is 0 Å². The average Bonchev–Trinajstić information content (AvgIpc) is 2.16. The molecule has 0 aromatic carbocycles. The Balaban J connectivity index is 3.21. The molecular formula is C7H7BrN2O4. The second-order valence-corrected chi connectivity index (χ2v) is 3.43. The van der Waals surface area contributed by atoms with Crippen molar-refractivity contribution in [1.82, 2.24) is 4.98 Å². The van der Waals surface area contributed by atoms with Crippen molar-refractivity contribution in [2.75, 3.05) is 6.61 Å². The first-order valence-electron chi connectivity index (χ1n) is 3.65. The van der Waals surface area contributed by atoms with Crippen molar-refractivity contribution in [3.63, 3.8) is 0 Å². The molecule has 1 aromatic heterocycles. The summed E-state index contributed by atoms with van der Waals surface area (Å²) >= 11 is 3.02. The van der Waals surface area contributed by atoms with Gasteiger partial charge in [0.15, 0.2) is 0 Å². The molecule has 0 aliphatic rings. The molecule has 76 valence electrons. The van der Waals surface area contributed by atoms with E-state index in [0.717, 1.165) is 0 Å². The van der Waals surface area contributed by atoms with Gasteiger partial charge in [-0.2, -0.15) is 0 Å². The Kier molecular flexibility index (Phi) is 3.50. The zero-order valence-corrected chi connectivity index (χ0v) is 8.51. The van der Waals surface area contributed by atoms with E-state index in [1.165, 1.54) is 12.3 Å². The van der Waals surface area contributed by atoms with E-state index < -0.39 is 17.6 Å². The number of rotatable bonds is 3. The molecule has 0 saturated carbocycles. The minimum atomic E-state index is -1.33. The zero-order valence-electron chi connectivity index (χ0n) is 6.92. The monoisotopic (exact) mass is 262 g/mol. The third-order valence-electron chi connectivity index (χ3n) is 1.55. The summed E-state index contributed by atoms with van der Waals surface area (Å²) in [5.74, 6) is 0. The second kappa shape index (κ2) is 4.45. The number of aliphatic hydroxyl groups excluding tert-OH is 2. The normalized spacial score (nSPS) is 12.5. The van der Waals surface area contributed by atoms with Crippen molar-refractivity contribution in [3.05, 3.63) is 32.5 Å². The van der Waals surface area contributed by atoms with Gasteiger partial charge in [-0.15, -0.1) is 0 Å². The lowest BCUT2D eigenvalue weighted by molar-refractivity contribution is -0.386. The molecule has 0 aliphatic heterocycles. The number of aromatic nitrogens is 1. The van der Waals surface area contributed by atoms with Crippen LogP contribution >= 0.6 is 15.9 Å². The number of aliphatic hydroxyl groups is 2. The van der Waals surface area contributed by atoms with Gasteiger partial charge in [0.1, 0.15) is 11.8 Å². The van der Waals surface area contributed by atoms with E-state index in [1.54, 1.807) is 0 Å². The Bertz CT molecular complexity index is 358. The van der Waals surface area contributed by atoms with Crippen LogP contribution in [0.5, 0.6) is 0 Å². The van der Waals surface area contributed by atoms with Crippen LogP contribution in [0.4, 0.5) is 5.69 Å². The van der Waals surface area contributed by atoms with Gasteiger partial charge in [0.25, 0.3) is 5.69 Å². The molecule has 1 unspecified atom stereocenters. The number of nitro groups is 1. The van der Waals surface area contributed by atoms with Gasteiger partial charge >= 0.3 is 0 Å². The number of hydrogen-bond acceptors (Lipinski definition) is 5. The lowest BCUT2D eigenvalue weighted by atomic mass is 10.2. The molecule has 1 rings (SSSR count). The van der Waals surface area contributed by atoms with Crippen LogP contribution < -0.4 is 0 Å². The zero-order chi connectivity index (χ0) is 10.7. The van der Waals surface area contributed by atoms with Gasteiger partial charge in [-0.25, -0.2) is 0 Å². The summed E-state index contributed by atoms with van der Waals surface area (Å²) in [5, 5.41) is 28.4. The maximum atomic E-state index is 10.5. The molecule has 0 amide bonds. The third kappa shape index (κ3) is 2.25. The van der Waals surface area contributed by atoms with Crippen LogP contribution in [0.1, 0.15) is 11.8 Å². The van der Waals surface area contributed by atoms with E-state index in [2.05, 4.69) is 20.9 Å². The molecule has 1 atom stereocenters. The van der Waals surface area contributed by atoms with E-state index in [-0.39, 0.29) is 11.4 Å². The Hall–Kier alpha value is -1.05. The largest absolute Gasteiger partial charge is 0.393 e. The lowest BCUT2D eigenvalue weighted by Crippen LogP contribution is -2.08. The summed E-state index contributed by atoms with van der Waals surface area (Å²) in [5.41, 5.74) is -0.457. The molecular weight excluding hydrogens is 256 g/mol. The quantitative estimate of drug-likeness (QED) is 0.620. The van der Waals surface area contributed by atoms with Crippen molar-refractivity contribution >= 4 is 21.6 Å². The van der Waals surface area contributed by atoms with E-state index in [0.29, 0.717) is 4.47 Å². The summed E-state index contributed by atoms with van der Waals surface area (Å²) in [6, 6.07) is 1.22. The van der Waals surface area contributed by atoms with E-state index in [4.69, 9.17) is 5.11 Å². The van der Waals surface area contributed by atoms with Gasteiger partial charge < -0.3 is 10.2 Å². The first kappa shape index (κ1) is 11.0. The van der Waals surface area contributed by atoms with Crippen molar-refractivity contribution in [3.8, 4) is 0 Å². The first-order valence-corrected chi connectivity index (χ1v) is 4.44. The standard InChI is InChI=1S/C7H7BrN2O4/c8-4-1-5(10(13)14)7(9-2-4)6(12)3-11/h1-2,6,11-12H,3H2. The highest BCUT2D eigenvalue weighted by atomic mass is 79.9. The molecule has 7 heteroatoms. The second-order valence-electron chi connectivity index (χ2n) is 2.51. The smallest absolute Gasteiger partial charge is 0.294 e. The molecule has 0 spiro atoms. The van der Waals surface area contributed by atoms with E-state index in [1.807, 2.05) is 0 Å². The van der Waals surface area contributed by atoms with E-state index >= 15 is 0 Å². The van der Waals surface area contributed by atoms with Gasteiger partial charge in [0.05, 0.1) is 11.5 Å². The Morgan fingerprint density at radius 3 is 2.86 bits per heavy atom. The Morgan fingerprint density at radius 2 is 2.36 bits per heavy atom. The molecule has 14 heavy (non-hydrogen) atoms. The average molecular weight is 263 g/mol. The highest BCUT2D eigenvalue weighted by molar-refractivity contribution is 9.10. The summed E-state index contributed by atoms with van der Waals surface area (Å²) in [7, 11) is 0. The van der Waals surface area contributed by atoms with Crippen LogP contribution in [-0.2, 0) is 0 Å². The fourth-order valence-electron chi connectivity index (χ4n) is 0.929. The number of halogens is 1. The van der Waals surface area contributed by atoms with Crippen molar-refractivity contribution in [2.45, 2.75) is 6.10 Å². The highest BCUT2D eigenvalue weighted by Crippen LogP contribution is 2.25. The van der Waals surface area contributed by atoms with Crippen LogP contribution in [0.15, 0.2) is 16.7 Å². The maximum absolute atomic E-state index is 10.5. The number of nitrogens with zero attached hydrogens (tertiary/aromatic N) is 2.